The molecule has 0 atom stereocenters. The van der Waals surface area contributed by atoms with Crippen molar-refractivity contribution in [3.05, 3.63) is 48.8 Å². The second-order valence-electron chi connectivity index (χ2n) is 3.32. The number of hydrogen-bond acceptors (Lipinski definition) is 3. The Morgan fingerprint density at radius 2 is 1.94 bits per heavy atom. The van der Waals surface area contributed by atoms with Crippen LogP contribution >= 0.6 is 0 Å². The fourth-order valence-electron chi connectivity index (χ4n) is 1.40. The lowest BCUT2D eigenvalue weighted by Gasteiger charge is -2.07. The summed E-state index contributed by atoms with van der Waals surface area (Å²) in [6.45, 7) is 2.66. The van der Waals surface area contributed by atoms with Crippen molar-refractivity contribution < 1.29 is 4.74 Å². The molecule has 1 N–H and O–H groups in total. The summed E-state index contributed by atoms with van der Waals surface area (Å²) >= 11 is 0. The Balaban J connectivity index is 2.05. The number of nitrogens with zero attached hydrogens (tertiary/aromatic N) is 1. The Bertz CT molecular complexity index is 425. The Morgan fingerprint density at radius 1 is 1.12 bits per heavy atom. The fraction of sp³-hybridized carbons (Fsp3) is 0.154. The molecule has 0 unspecified atom stereocenters. The van der Waals surface area contributed by atoms with Crippen LogP contribution in [0.1, 0.15) is 6.92 Å². The third kappa shape index (κ3) is 2.73. The molecule has 0 bridgehead atoms. The smallest absolute Gasteiger partial charge is 0.119 e. The number of ether oxygens (including phenoxy) is 1. The van der Waals surface area contributed by atoms with Gasteiger partial charge >= 0.3 is 0 Å². The van der Waals surface area contributed by atoms with Crippen molar-refractivity contribution in [2.45, 2.75) is 6.92 Å². The lowest BCUT2D eigenvalue weighted by Crippen LogP contribution is -1.93. The maximum absolute atomic E-state index is 5.37. The quantitative estimate of drug-likeness (QED) is 0.848. The summed E-state index contributed by atoms with van der Waals surface area (Å²) < 4.78 is 5.37. The molecule has 82 valence electrons. The van der Waals surface area contributed by atoms with Crippen LogP contribution in [0, 0.1) is 0 Å². The van der Waals surface area contributed by atoms with Gasteiger partial charge in [-0.1, -0.05) is 0 Å². The van der Waals surface area contributed by atoms with E-state index in [-0.39, 0.29) is 0 Å². The minimum atomic E-state index is 0.690. The van der Waals surface area contributed by atoms with Crippen LogP contribution in [0.4, 0.5) is 11.4 Å². The standard InChI is InChI=1S/C13H14N2O/c1-2-16-13-7-5-11(6-8-13)15-12-4-3-9-14-10-12/h3-10,15H,2H2,1H3. The topological polar surface area (TPSA) is 34.1 Å². The van der Waals surface area contributed by atoms with Gasteiger partial charge in [0.05, 0.1) is 18.5 Å². The van der Waals surface area contributed by atoms with Crippen molar-refractivity contribution in [1.29, 1.82) is 0 Å². The lowest BCUT2D eigenvalue weighted by atomic mass is 10.3. The molecule has 1 aromatic carbocycles. The molecular formula is C13H14N2O. The molecular weight excluding hydrogens is 200 g/mol. The molecule has 1 heterocycles. The third-order valence-corrected chi connectivity index (χ3v) is 2.12. The van der Waals surface area contributed by atoms with Crippen LogP contribution < -0.4 is 10.1 Å². The van der Waals surface area contributed by atoms with Gasteiger partial charge in [0.1, 0.15) is 5.75 Å². The van der Waals surface area contributed by atoms with Crippen LogP contribution in [0.3, 0.4) is 0 Å². The van der Waals surface area contributed by atoms with Gasteiger partial charge in [0, 0.05) is 11.9 Å². The first-order valence-corrected chi connectivity index (χ1v) is 5.28. The fourth-order valence-corrected chi connectivity index (χ4v) is 1.40. The van der Waals surface area contributed by atoms with E-state index < -0.39 is 0 Å². The highest BCUT2D eigenvalue weighted by atomic mass is 16.5. The van der Waals surface area contributed by atoms with Gasteiger partial charge in [-0.25, -0.2) is 0 Å². The molecule has 0 aliphatic rings. The number of anilines is 2. The van der Waals surface area contributed by atoms with Gasteiger partial charge in [0.25, 0.3) is 0 Å². The second-order valence-corrected chi connectivity index (χ2v) is 3.32. The summed E-state index contributed by atoms with van der Waals surface area (Å²) in [5.74, 6) is 0.888. The molecule has 0 spiro atoms. The maximum Gasteiger partial charge on any atom is 0.119 e. The first kappa shape index (κ1) is 10.5. The largest absolute Gasteiger partial charge is 0.494 e. The Morgan fingerprint density at radius 3 is 2.56 bits per heavy atom. The van der Waals surface area contributed by atoms with Crippen molar-refractivity contribution in [1.82, 2.24) is 4.98 Å². The molecule has 3 nitrogen and oxygen atoms in total. The Labute approximate surface area is 95.1 Å². The van der Waals surface area contributed by atoms with Crippen molar-refractivity contribution in [2.24, 2.45) is 0 Å². The molecule has 0 amide bonds. The predicted molar refractivity (Wildman–Crippen MR) is 65.1 cm³/mol. The normalized spacial score (nSPS) is 9.81. The molecule has 2 aromatic rings. The van der Waals surface area contributed by atoms with E-state index in [0.29, 0.717) is 6.61 Å². The van der Waals surface area contributed by atoms with E-state index in [2.05, 4.69) is 10.3 Å². The third-order valence-electron chi connectivity index (χ3n) is 2.12. The summed E-state index contributed by atoms with van der Waals surface area (Å²) in [5.41, 5.74) is 2.00. The van der Waals surface area contributed by atoms with Crippen LogP contribution in [0.15, 0.2) is 48.8 Å². The van der Waals surface area contributed by atoms with E-state index in [1.807, 2.05) is 43.3 Å². The zero-order valence-electron chi connectivity index (χ0n) is 9.18. The summed E-state index contributed by atoms with van der Waals surface area (Å²) in [7, 11) is 0. The van der Waals surface area contributed by atoms with Crippen LogP contribution in [0.25, 0.3) is 0 Å². The maximum atomic E-state index is 5.37. The van der Waals surface area contributed by atoms with E-state index in [4.69, 9.17) is 4.74 Å². The molecule has 0 aliphatic heterocycles. The summed E-state index contributed by atoms with van der Waals surface area (Å²) in [6.07, 6.45) is 3.54. The van der Waals surface area contributed by atoms with Gasteiger partial charge in [0.2, 0.25) is 0 Å². The molecule has 0 saturated heterocycles. The lowest BCUT2D eigenvalue weighted by molar-refractivity contribution is 0.340. The van der Waals surface area contributed by atoms with E-state index in [1.165, 1.54) is 0 Å². The van der Waals surface area contributed by atoms with Gasteiger partial charge in [-0.15, -0.1) is 0 Å². The highest BCUT2D eigenvalue weighted by Crippen LogP contribution is 2.19. The van der Waals surface area contributed by atoms with Crippen molar-refractivity contribution in [3.63, 3.8) is 0 Å². The summed E-state index contributed by atoms with van der Waals surface area (Å²) in [4.78, 5) is 4.04. The van der Waals surface area contributed by atoms with Crippen LogP contribution in [0.5, 0.6) is 5.75 Å². The highest BCUT2D eigenvalue weighted by molar-refractivity contribution is 5.59. The van der Waals surface area contributed by atoms with Gasteiger partial charge in [-0.2, -0.15) is 0 Å². The minimum absolute atomic E-state index is 0.690. The molecule has 2 rings (SSSR count). The molecule has 0 radical (unpaired) electrons. The summed E-state index contributed by atoms with van der Waals surface area (Å²) in [6, 6.07) is 11.7. The van der Waals surface area contributed by atoms with Crippen molar-refractivity contribution in [3.8, 4) is 5.75 Å². The number of hydrogen-bond donors (Lipinski definition) is 1. The van der Waals surface area contributed by atoms with E-state index >= 15 is 0 Å². The number of benzene rings is 1. The van der Waals surface area contributed by atoms with E-state index in [9.17, 15) is 0 Å². The first-order chi connectivity index (χ1) is 7.88. The van der Waals surface area contributed by atoms with E-state index in [0.717, 1.165) is 17.1 Å². The summed E-state index contributed by atoms with van der Waals surface area (Å²) in [5, 5.41) is 3.26. The minimum Gasteiger partial charge on any atom is -0.494 e. The van der Waals surface area contributed by atoms with Crippen LogP contribution in [0.2, 0.25) is 0 Å². The zero-order chi connectivity index (χ0) is 11.2. The predicted octanol–water partition coefficient (Wildman–Crippen LogP) is 3.22. The Hall–Kier alpha value is -2.03. The number of nitrogens with one attached hydrogen (secondary N) is 1. The number of aromatic nitrogens is 1. The van der Waals surface area contributed by atoms with Gasteiger partial charge in [-0.3, -0.25) is 4.98 Å². The van der Waals surface area contributed by atoms with E-state index in [1.54, 1.807) is 12.4 Å². The SMILES string of the molecule is CCOc1ccc(Nc2cccnc2)cc1. The molecule has 0 aliphatic carbocycles. The Kier molecular flexibility index (Phi) is 3.38. The zero-order valence-corrected chi connectivity index (χ0v) is 9.18. The molecule has 0 saturated carbocycles. The van der Waals surface area contributed by atoms with Crippen molar-refractivity contribution in [2.75, 3.05) is 11.9 Å². The average Bonchev–Trinajstić information content (AvgIpc) is 2.33. The number of pyridine rings is 1. The first-order valence-electron chi connectivity index (χ1n) is 5.28. The number of rotatable bonds is 4. The molecule has 3 heteroatoms. The second kappa shape index (κ2) is 5.16. The monoisotopic (exact) mass is 214 g/mol. The van der Waals surface area contributed by atoms with Gasteiger partial charge in [-0.05, 0) is 43.3 Å². The molecule has 16 heavy (non-hydrogen) atoms. The van der Waals surface area contributed by atoms with Crippen molar-refractivity contribution >= 4 is 11.4 Å². The van der Waals surface area contributed by atoms with Crippen LogP contribution in [-0.2, 0) is 0 Å². The molecule has 0 fully saturated rings. The van der Waals surface area contributed by atoms with Gasteiger partial charge < -0.3 is 10.1 Å². The highest BCUT2D eigenvalue weighted by Gasteiger charge is 1.95. The molecule has 1 aromatic heterocycles. The average molecular weight is 214 g/mol. The van der Waals surface area contributed by atoms with Crippen LogP contribution in [-0.4, -0.2) is 11.6 Å². The van der Waals surface area contributed by atoms with Gasteiger partial charge in [0.15, 0.2) is 0 Å².